The van der Waals surface area contributed by atoms with Gasteiger partial charge < -0.3 is 34.7 Å². The molecular formula is C30H34F3N3O9. The summed E-state index contributed by atoms with van der Waals surface area (Å²) in [5.41, 5.74) is -3.85. The van der Waals surface area contributed by atoms with Crippen molar-refractivity contribution >= 4 is 17.6 Å². The van der Waals surface area contributed by atoms with Gasteiger partial charge in [-0.15, -0.1) is 0 Å². The van der Waals surface area contributed by atoms with E-state index < -0.39 is 52.0 Å². The van der Waals surface area contributed by atoms with Crippen molar-refractivity contribution in [1.29, 1.82) is 0 Å². The van der Waals surface area contributed by atoms with Crippen LogP contribution >= 0.6 is 0 Å². The molecule has 0 saturated heterocycles. The molecule has 0 aliphatic carbocycles. The topological polar surface area (TPSA) is 158 Å². The molecular weight excluding hydrogens is 603 g/mol. The molecule has 2 aromatic carbocycles. The molecule has 1 aliphatic rings. The lowest BCUT2D eigenvalue weighted by molar-refractivity contribution is -0.384. The van der Waals surface area contributed by atoms with Gasteiger partial charge in [-0.05, 0) is 44.5 Å². The predicted molar refractivity (Wildman–Crippen MR) is 154 cm³/mol. The van der Waals surface area contributed by atoms with Gasteiger partial charge in [-0.1, -0.05) is 18.2 Å². The number of hydrogen-bond acceptors (Lipinski definition) is 11. The zero-order valence-electron chi connectivity index (χ0n) is 24.8. The maximum atomic E-state index is 14.2. The predicted octanol–water partition coefficient (Wildman–Crippen LogP) is 3.91. The number of aliphatic hydroxyl groups is 1. The molecule has 244 valence electrons. The number of nitrogens with one attached hydrogen (secondary N) is 2. The van der Waals surface area contributed by atoms with E-state index in [-0.39, 0.29) is 42.3 Å². The lowest BCUT2D eigenvalue weighted by Crippen LogP contribution is -2.38. The molecule has 0 spiro atoms. The van der Waals surface area contributed by atoms with Crippen LogP contribution in [0, 0.1) is 10.1 Å². The first-order valence-electron chi connectivity index (χ1n) is 13.8. The lowest BCUT2D eigenvalue weighted by atomic mass is 9.79. The summed E-state index contributed by atoms with van der Waals surface area (Å²) in [5.74, 6) is -3.69. The highest BCUT2D eigenvalue weighted by molar-refractivity contribution is 6.00. The second-order valence-electron chi connectivity index (χ2n) is 9.88. The summed E-state index contributed by atoms with van der Waals surface area (Å²) < 4.78 is 63.3. The number of nitro groups is 1. The lowest BCUT2D eigenvalue weighted by Gasteiger charge is -2.32. The number of aliphatic hydroxyl groups excluding tert-OH is 1. The summed E-state index contributed by atoms with van der Waals surface area (Å²) in [6.45, 7) is 2.08. The van der Waals surface area contributed by atoms with Crippen LogP contribution < -0.4 is 20.1 Å². The molecule has 45 heavy (non-hydrogen) atoms. The highest BCUT2D eigenvalue weighted by Crippen LogP contribution is 2.46. The number of ether oxygens (including phenoxy) is 4. The van der Waals surface area contributed by atoms with Crippen LogP contribution in [0.4, 0.5) is 18.9 Å². The van der Waals surface area contributed by atoms with Crippen LogP contribution in [0.15, 0.2) is 71.1 Å². The smallest absolute Gasteiger partial charge is 0.431 e. The average molecular weight is 638 g/mol. The summed E-state index contributed by atoms with van der Waals surface area (Å²) in [6, 6.07) is 12.3. The molecule has 15 heteroatoms. The van der Waals surface area contributed by atoms with E-state index in [0.717, 1.165) is 26.4 Å². The molecule has 2 aromatic rings. The van der Waals surface area contributed by atoms with Gasteiger partial charge in [-0.2, -0.15) is 13.2 Å². The molecule has 2 atom stereocenters. The number of dihydropyridines is 1. The van der Waals surface area contributed by atoms with Gasteiger partial charge in [0.2, 0.25) is 0 Å². The van der Waals surface area contributed by atoms with E-state index in [9.17, 15) is 38.0 Å². The van der Waals surface area contributed by atoms with Crippen molar-refractivity contribution in [3.05, 3.63) is 86.7 Å². The van der Waals surface area contributed by atoms with Crippen LogP contribution in [0.2, 0.25) is 0 Å². The quantitative estimate of drug-likeness (QED) is 0.113. The molecule has 3 rings (SSSR count). The fraction of sp³-hybridized carbons (Fsp3) is 0.400. The number of hydrogen-bond donors (Lipinski definition) is 3. The molecule has 12 nitrogen and oxygen atoms in total. The standard InChI is InChI=1S/C30H34F3N3O9/c1-18-24(28(38)42-2)25(26(29(39)43-3)27(35-18)30(31,32)33)22-15-19(36(40)41)11-12-23(22)44-14-8-7-13-34-16-20(37)17-45-21-9-5-4-6-10-21/h4-6,9-12,15,20,25,34-35,37H,7-8,13-14,16-17H2,1-3H3. The number of esters is 2. The molecule has 0 radical (unpaired) electrons. The number of para-hydroxylation sites is 1. The first kappa shape index (κ1) is 34.9. The second-order valence-corrected chi connectivity index (χ2v) is 9.88. The van der Waals surface area contributed by atoms with Crippen molar-refractivity contribution < 1.29 is 51.7 Å². The minimum Gasteiger partial charge on any atom is -0.493 e. The number of rotatable bonds is 15. The first-order chi connectivity index (χ1) is 21.4. The number of carbonyl (C=O) groups excluding carboxylic acids is 2. The average Bonchev–Trinajstić information content (AvgIpc) is 3.02. The second kappa shape index (κ2) is 15.9. The Balaban J connectivity index is 1.78. The molecule has 1 aliphatic heterocycles. The van der Waals surface area contributed by atoms with Crippen LogP contribution in [0.5, 0.6) is 11.5 Å². The molecule has 0 bridgehead atoms. The van der Waals surface area contributed by atoms with Gasteiger partial charge >= 0.3 is 18.1 Å². The van der Waals surface area contributed by atoms with Crippen LogP contribution in [-0.2, 0) is 19.1 Å². The normalized spacial score (nSPS) is 15.7. The summed E-state index contributed by atoms with van der Waals surface area (Å²) >= 11 is 0. The van der Waals surface area contributed by atoms with E-state index in [1.165, 1.54) is 13.0 Å². The van der Waals surface area contributed by atoms with Gasteiger partial charge in [0.15, 0.2) is 0 Å². The van der Waals surface area contributed by atoms with Crippen molar-refractivity contribution in [3.8, 4) is 11.5 Å². The number of non-ortho nitro benzene ring substituents is 1. The number of alkyl halides is 3. The van der Waals surface area contributed by atoms with Crippen molar-refractivity contribution in [2.24, 2.45) is 0 Å². The Morgan fingerprint density at radius 2 is 1.71 bits per heavy atom. The van der Waals surface area contributed by atoms with Gasteiger partial charge in [0, 0.05) is 29.9 Å². The number of benzene rings is 2. The highest BCUT2D eigenvalue weighted by atomic mass is 19.4. The van der Waals surface area contributed by atoms with Gasteiger partial charge in [0.25, 0.3) is 5.69 Å². The van der Waals surface area contributed by atoms with Gasteiger partial charge in [-0.25, -0.2) is 9.59 Å². The molecule has 0 fully saturated rings. The van der Waals surface area contributed by atoms with E-state index in [2.05, 4.69) is 15.4 Å². The Bertz CT molecular complexity index is 1430. The van der Waals surface area contributed by atoms with Crippen LogP contribution in [-0.4, -0.2) is 74.8 Å². The summed E-state index contributed by atoms with van der Waals surface area (Å²) in [7, 11) is 1.88. The molecule has 0 amide bonds. The van der Waals surface area contributed by atoms with E-state index in [4.69, 9.17) is 14.2 Å². The molecule has 0 saturated carbocycles. The Hall–Kier alpha value is -4.63. The summed E-state index contributed by atoms with van der Waals surface area (Å²) in [5, 5.41) is 26.9. The minimum atomic E-state index is -5.08. The number of unbranched alkanes of at least 4 members (excludes halogenated alkanes) is 1. The Labute approximate surface area is 256 Å². The maximum Gasteiger partial charge on any atom is 0.431 e. The number of allylic oxidation sites excluding steroid dienone is 2. The molecule has 2 unspecified atom stereocenters. The van der Waals surface area contributed by atoms with E-state index in [1.807, 2.05) is 18.2 Å². The Kier molecular flexibility index (Phi) is 12.3. The van der Waals surface area contributed by atoms with Gasteiger partial charge in [0.05, 0.1) is 42.8 Å². The largest absolute Gasteiger partial charge is 0.493 e. The fourth-order valence-corrected chi connectivity index (χ4v) is 4.65. The Morgan fingerprint density at radius 1 is 1.04 bits per heavy atom. The summed E-state index contributed by atoms with van der Waals surface area (Å²) in [4.78, 5) is 36.5. The van der Waals surface area contributed by atoms with Crippen molar-refractivity contribution in [1.82, 2.24) is 10.6 Å². The number of methoxy groups -OCH3 is 2. The van der Waals surface area contributed by atoms with Crippen LogP contribution in [0.3, 0.4) is 0 Å². The molecule has 1 heterocycles. The zero-order valence-corrected chi connectivity index (χ0v) is 24.8. The summed E-state index contributed by atoms with van der Waals surface area (Å²) in [6.07, 6.45) is -4.83. The van der Waals surface area contributed by atoms with Crippen molar-refractivity contribution in [3.63, 3.8) is 0 Å². The highest BCUT2D eigenvalue weighted by Gasteiger charge is 2.48. The third-order valence-electron chi connectivity index (χ3n) is 6.74. The zero-order chi connectivity index (χ0) is 33.1. The fourth-order valence-electron chi connectivity index (χ4n) is 4.65. The number of nitro benzene ring substituents is 1. The molecule has 3 N–H and O–H groups in total. The van der Waals surface area contributed by atoms with E-state index >= 15 is 0 Å². The minimum absolute atomic E-state index is 0.0385. The van der Waals surface area contributed by atoms with E-state index in [0.29, 0.717) is 25.1 Å². The van der Waals surface area contributed by atoms with Crippen molar-refractivity contribution in [2.45, 2.75) is 38.0 Å². The molecule has 0 aromatic heterocycles. The third kappa shape index (κ3) is 9.18. The maximum absolute atomic E-state index is 14.2. The van der Waals surface area contributed by atoms with Crippen LogP contribution in [0.1, 0.15) is 31.2 Å². The Morgan fingerprint density at radius 3 is 2.33 bits per heavy atom. The van der Waals surface area contributed by atoms with Gasteiger partial charge in [-0.3, -0.25) is 10.1 Å². The van der Waals surface area contributed by atoms with E-state index in [1.54, 1.807) is 12.1 Å². The first-order valence-corrected chi connectivity index (χ1v) is 13.8. The van der Waals surface area contributed by atoms with Crippen molar-refractivity contribution in [2.75, 3.05) is 40.5 Å². The number of nitrogens with zero attached hydrogens (tertiary/aromatic N) is 1. The number of carbonyl (C=O) groups is 2. The third-order valence-corrected chi connectivity index (χ3v) is 6.74. The number of halogens is 3. The van der Waals surface area contributed by atoms with Crippen LogP contribution in [0.25, 0.3) is 0 Å². The van der Waals surface area contributed by atoms with Gasteiger partial charge in [0.1, 0.15) is 29.9 Å². The SMILES string of the molecule is COC(=O)C1=C(C)NC(C(F)(F)F)=C(C(=O)OC)C1c1cc([N+](=O)[O-])ccc1OCCCCNCC(O)COc1ccccc1. The monoisotopic (exact) mass is 637 g/mol.